The van der Waals surface area contributed by atoms with E-state index in [-0.39, 0.29) is 11.0 Å². The van der Waals surface area contributed by atoms with Gasteiger partial charge >= 0.3 is 6.09 Å². The fourth-order valence-electron chi connectivity index (χ4n) is 2.85. The minimum absolute atomic E-state index is 0.0983. The summed E-state index contributed by atoms with van der Waals surface area (Å²) in [5, 5.41) is 25.4. The zero-order valence-electron chi connectivity index (χ0n) is 18.3. The van der Waals surface area contributed by atoms with Crippen LogP contribution in [-0.2, 0) is 5.41 Å². The van der Waals surface area contributed by atoms with Crippen molar-refractivity contribution < 1.29 is 19.4 Å². The van der Waals surface area contributed by atoms with Gasteiger partial charge < -0.3 is 20.5 Å². The number of hydrogen-bond donors (Lipinski definition) is 4. The van der Waals surface area contributed by atoms with E-state index in [1.54, 1.807) is 68.4 Å². The Balaban J connectivity index is 1.66. The lowest BCUT2D eigenvalue weighted by Gasteiger charge is -2.16. The van der Waals surface area contributed by atoms with Gasteiger partial charge in [-0.25, -0.2) is 9.78 Å². The summed E-state index contributed by atoms with van der Waals surface area (Å²) < 4.78 is 5.79. The number of carbonyl (C=O) groups is 2. The molecule has 0 radical (unpaired) electrons. The second-order valence-corrected chi connectivity index (χ2v) is 8.07. The van der Waals surface area contributed by atoms with Gasteiger partial charge in [-0.2, -0.15) is 5.26 Å². The summed E-state index contributed by atoms with van der Waals surface area (Å²) in [5.41, 5.74) is 1.02. The molecule has 0 unspecified atom stereocenters. The molecule has 0 aliphatic rings. The Morgan fingerprint density at radius 1 is 1.06 bits per heavy atom. The highest BCUT2D eigenvalue weighted by molar-refractivity contribution is 7.80. The molecule has 0 saturated heterocycles. The Morgan fingerprint density at radius 2 is 1.82 bits per heavy atom. The number of hydrogen-bond acceptors (Lipinski definition) is 6. The van der Waals surface area contributed by atoms with Gasteiger partial charge in [0.25, 0.3) is 5.91 Å². The van der Waals surface area contributed by atoms with Crippen molar-refractivity contribution in [3.05, 3.63) is 78.0 Å². The number of benzene rings is 2. The van der Waals surface area contributed by atoms with E-state index in [1.165, 1.54) is 6.20 Å². The number of anilines is 2. The third kappa shape index (κ3) is 6.51. The Hall–Kier alpha value is -4.49. The highest BCUT2D eigenvalue weighted by atomic mass is 32.1. The van der Waals surface area contributed by atoms with Gasteiger partial charge in [-0.15, -0.1) is 0 Å². The number of carbonyl (C=O) groups excluding carboxylic acids is 1. The summed E-state index contributed by atoms with van der Waals surface area (Å²) in [6.07, 6.45) is 0.169. The number of ether oxygens (including phenoxy) is 1. The SMILES string of the molecule is CC(C)(C#N)c1cccc(C(=O)Nc2cccc(Oc3ccc(NC(=S)NC(=O)O)nc3)c2)c1. The van der Waals surface area contributed by atoms with Crippen LogP contribution in [0, 0.1) is 11.3 Å². The molecule has 34 heavy (non-hydrogen) atoms. The maximum atomic E-state index is 12.7. The fourth-order valence-corrected chi connectivity index (χ4v) is 3.04. The van der Waals surface area contributed by atoms with Crippen molar-refractivity contribution in [2.75, 3.05) is 10.6 Å². The molecular weight excluding hydrogens is 454 g/mol. The third-order valence-electron chi connectivity index (χ3n) is 4.65. The minimum atomic E-state index is -1.27. The van der Waals surface area contributed by atoms with Gasteiger partial charge in [0.1, 0.15) is 17.3 Å². The smallest absolute Gasteiger partial charge is 0.410 e. The molecule has 172 valence electrons. The Morgan fingerprint density at radius 3 is 2.50 bits per heavy atom. The van der Waals surface area contributed by atoms with E-state index in [9.17, 15) is 14.9 Å². The van der Waals surface area contributed by atoms with E-state index in [0.717, 1.165) is 5.56 Å². The number of amides is 2. The van der Waals surface area contributed by atoms with Crippen molar-refractivity contribution in [2.45, 2.75) is 19.3 Å². The first-order valence-electron chi connectivity index (χ1n) is 10.0. The second-order valence-electron chi connectivity index (χ2n) is 7.67. The van der Waals surface area contributed by atoms with Crippen LogP contribution in [0.3, 0.4) is 0 Å². The standard InChI is InChI=1S/C24H21N5O4S/c1-24(2,14-25)16-6-3-5-15(11-16)21(30)27-17-7-4-8-18(12-17)33-19-9-10-20(26-13-19)28-22(34)29-23(31)32/h3-13H,1-2H3,(H,27,30)(H,31,32)(H2,26,28,29,34). The maximum Gasteiger partial charge on any atom is 0.410 e. The number of thiocarbonyl (C=S) groups is 1. The topological polar surface area (TPSA) is 136 Å². The number of aromatic nitrogens is 1. The average molecular weight is 476 g/mol. The van der Waals surface area contributed by atoms with Gasteiger partial charge in [-0.1, -0.05) is 18.2 Å². The summed E-state index contributed by atoms with van der Waals surface area (Å²) >= 11 is 4.84. The molecule has 10 heteroatoms. The highest BCUT2D eigenvalue weighted by Gasteiger charge is 2.21. The lowest BCUT2D eigenvalue weighted by Crippen LogP contribution is -2.32. The molecule has 0 fully saturated rings. The van der Waals surface area contributed by atoms with Crippen molar-refractivity contribution >= 4 is 40.8 Å². The summed E-state index contributed by atoms with van der Waals surface area (Å²) in [7, 11) is 0. The van der Waals surface area contributed by atoms with Crippen molar-refractivity contribution in [2.24, 2.45) is 0 Å². The molecule has 4 N–H and O–H groups in total. The molecule has 0 atom stereocenters. The maximum absolute atomic E-state index is 12.7. The molecule has 3 rings (SSSR count). The summed E-state index contributed by atoms with van der Waals surface area (Å²) in [6, 6.07) is 19.3. The van der Waals surface area contributed by atoms with Crippen LogP contribution >= 0.6 is 12.2 Å². The van der Waals surface area contributed by atoms with Crippen molar-refractivity contribution in [1.82, 2.24) is 10.3 Å². The zero-order chi connectivity index (χ0) is 24.7. The first kappa shape index (κ1) is 24.2. The predicted molar refractivity (Wildman–Crippen MR) is 131 cm³/mol. The van der Waals surface area contributed by atoms with Crippen molar-refractivity contribution in [3.63, 3.8) is 0 Å². The molecule has 0 saturated carbocycles. The minimum Gasteiger partial charge on any atom is -0.465 e. The monoisotopic (exact) mass is 475 g/mol. The highest BCUT2D eigenvalue weighted by Crippen LogP contribution is 2.26. The Labute approximate surface area is 201 Å². The van der Waals surface area contributed by atoms with Gasteiger partial charge in [-0.05, 0) is 68.0 Å². The fraction of sp³-hybridized carbons (Fsp3) is 0.125. The molecule has 0 aliphatic heterocycles. The van der Waals surface area contributed by atoms with Gasteiger partial charge in [-0.3, -0.25) is 10.1 Å². The number of nitriles is 1. The Kier molecular flexibility index (Phi) is 7.40. The van der Waals surface area contributed by atoms with Gasteiger partial charge in [0.05, 0.1) is 17.7 Å². The molecule has 0 aliphatic carbocycles. The molecule has 2 amide bonds. The van der Waals surface area contributed by atoms with Gasteiger partial charge in [0, 0.05) is 17.3 Å². The van der Waals surface area contributed by atoms with Crippen LogP contribution in [0.2, 0.25) is 0 Å². The van der Waals surface area contributed by atoms with Gasteiger partial charge in [0.15, 0.2) is 5.11 Å². The summed E-state index contributed by atoms with van der Waals surface area (Å²) in [5.74, 6) is 0.935. The second kappa shape index (κ2) is 10.4. The van der Waals surface area contributed by atoms with Crippen LogP contribution < -0.4 is 20.7 Å². The number of nitrogens with zero attached hydrogens (tertiary/aromatic N) is 2. The van der Waals surface area contributed by atoms with Crippen molar-refractivity contribution in [3.8, 4) is 17.6 Å². The molecule has 1 heterocycles. The largest absolute Gasteiger partial charge is 0.465 e. The number of nitrogens with one attached hydrogen (secondary N) is 3. The van der Waals surface area contributed by atoms with E-state index in [1.807, 2.05) is 11.4 Å². The summed E-state index contributed by atoms with van der Waals surface area (Å²) in [6.45, 7) is 3.59. The molecule has 9 nitrogen and oxygen atoms in total. The Bertz CT molecular complexity index is 1270. The van der Waals surface area contributed by atoms with Crippen LogP contribution in [0.4, 0.5) is 16.3 Å². The first-order valence-corrected chi connectivity index (χ1v) is 10.4. The van der Waals surface area contributed by atoms with Crippen LogP contribution in [-0.4, -0.2) is 27.2 Å². The molecular formula is C24H21N5O4S. The lowest BCUT2D eigenvalue weighted by molar-refractivity contribution is 0.102. The molecule has 3 aromatic rings. The predicted octanol–water partition coefficient (Wildman–Crippen LogP) is 4.89. The number of carboxylic acid groups (broad SMARTS) is 1. The van der Waals surface area contributed by atoms with Crippen LogP contribution in [0.25, 0.3) is 0 Å². The molecule has 0 spiro atoms. The van der Waals surface area contributed by atoms with Crippen LogP contribution in [0.15, 0.2) is 66.9 Å². The van der Waals surface area contributed by atoms with Crippen LogP contribution in [0.5, 0.6) is 11.5 Å². The first-order chi connectivity index (χ1) is 16.2. The van der Waals surface area contributed by atoms with E-state index >= 15 is 0 Å². The quantitative estimate of drug-likeness (QED) is 0.370. The van der Waals surface area contributed by atoms with E-state index in [0.29, 0.717) is 28.6 Å². The number of pyridine rings is 1. The third-order valence-corrected chi connectivity index (χ3v) is 4.86. The van der Waals surface area contributed by atoms with E-state index in [2.05, 4.69) is 21.7 Å². The molecule has 1 aromatic heterocycles. The zero-order valence-corrected chi connectivity index (χ0v) is 19.1. The van der Waals surface area contributed by atoms with Crippen LogP contribution in [0.1, 0.15) is 29.8 Å². The normalized spacial score (nSPS) is 10.5. The summed E-state index contributed by atoms with van der Waals surface area (Å²) in [4.78, 5) is 27.4. The molecule has 0 bridgehead atoms. The van der Waals surface area contributed by atoms with E-state index < -0.39 is 11.5 Å². The number of rotatable bonds is 6. The lowest BCUT2D eigenvalue weighted by atomic mass is 9.85. The van der Waals surface area contributed by atoms with Gasteiger partial charge in [0.2, 0.25) is 0 Å². The van der Waals surface area contributed by atoms with Crippen molar-refractivity contribution in [1.29, 1.82) is 5.26 Å². The average Bonchev–Trinajstić information content (AvgIpc) is 2.80. The van der Waals surface area contributed by atoms with E-state index in [4.69, 9.17) is 22.1 Å². The molecule has 2 aromatic carbocycles.